The molecule has 0 saturated carbocycles. The molecule has 1 saturated heterocycles. The van der Waals surface area contributed by atoms with Crippen molar-refractivity contribution in [2.45, 2.75) is 32.4 Å². The molecule has 6 nitrogen and oxygen atoms in total. The number of nitrogens with zero attached hydrogens (tertiary/aromatic N) is 2. The Hall–Kier alpha value is -3.54. The minimum atomic E-state index is -0.123. The van der Waals surface area contributed by atoms with Crippen molar-refractivity contribution in [1.29, 1.82) is 0 Å². The molecule has 1 fully saturated rings. The van der Waals surface area contributed by atoms with Gasteiger partial charge in [0.05, 0.1) is 12.7 Å². The summed E-state index contributed by atoms with van der Waals surface area (Å²) >= 11 is 0. The second-order valence-corrected chi connectivity index (χ2v) is 7.86. The predicted octanol–water partition coefficient (Wildman–Crippen LogP) is 4.59. The van der Waals surface area contributed by atoms with Crippen LogP contribution in [0.2, 0.25) is 0 Å². The van der Waals surface area contributed by atoms with Crippen LogP contribution in [0.3, 0.4) is 0 Å². The van der Waals surface area contributed by atoms with Crippen LogP contribution in [0.15, 0.2) is 66.9 Å². The lowest BCUT2D eigenvalue weighted by molar-refractivity contribution is 0.0951. The van der Waals surface area contributed by atoms with Gasteiger partial charge in [0, 0.05) is 25.8 Å². The van der Waals surface area contributed by atoms with Crippen molar-refractivity contribution in [3.8, 4) is 11.5 Å². The first-order valence-corrected chi connectivity index (χ1v) is 11.1. The lowest BCUT2D eigenvalue weighted by Gasteiger charge is -2.29. The maximum absolute atomic E-state index is 12.9. The van der Waals surface area contributed by atoms with Crippen molar-refractivity contribution in [3.05, 3.63) is 83.6 Å². The number of pyridine rings is 1. The molecule has 0 unspecified atom stereocenters. The minimum absolute atomic E-state index is 0.123. The predicted molar refractivity (Wildman–Crippen MR) is 125 cm³/mol. The van der Waals surface area contributed by atoms with Gasteiger partial charge < -0.3 is 19.7 Å². The number of amides is 1. The standard InChI is InChI=1S/C26H29N3O3/c1-31-24-17-21(12-13-23(24)32-19-20-9-4-2-5-10-20)18-28-26(30)22-11-8-14-27-25(22)29-15-6-3-7-16-29/h2,4-5,8-14,17H,3,6-7,15-16,18-19H2,1H3,(H,28,30). The Morgan fingerprint density at radius 1 is 0.969 bits per heavy atom. The third kappa shape index (κ3) is 5.38. The highest BCUT2D eigenvalue weighted by Gasteiger charge is 2.19. The Balaban J connectivity index is 1.40. The molecule has 3 aromatic rings. The molecule has 2 aromatic carbocycles. The molecule has 1 aromatic heterocycles. The molecule has 4 rings (SSSR count). The van der Waals surface area contributed by atoms with E-state index in [1.807, 2.05) is 60.7 Å². The number of carbonyl (C=O) groups excluding carboxylic acids is 1. The summed E-state index contributed by atoms with van der Waals surface area (Å²) in [4.78, 5) is 19.6. The van der Waals surface area contributed by atoms with Crippen LogP contribution in [-0.2, 0) is 13.2 Å². The number of benzene rings is 2. The average molecular weight is 432 g/mol. The molecule has 0 bridgehead atoms. The summed E-state index contributed by atoms with van der Waals surface area (Å²) in [5.41, 5.74) is 2.64. The molecule has 1 aliphatic heterocycles. The summed E-state index contributed by atoms with van der Waals surface area (Å²) in [6.45, 7) is 2.74. The number of piperidine rings is 1. The zero-order valence-corrected chi connectivity index (χ0v) is 18.4. The number of carbonyl (C=O) groups is 1. The van der Waals surface area contributed by atoms with Gasteiger partial charge in [-0.2, -0.15) is 0 Å². The summed E-state index contributed by atoms with van der Waals surface area (Å²) in [7, 11) is 1.62. The molecule has 0 radical (unpaired) electrons. The molecule has 0 spiro atoms. The second kappa shape index (κ2) is 10.7. The number of hydrogen-bond donors (Lipinski definition) is 1. The van der Waals surface area contributed by atoms with E-state index in [9.17, 15) is 4.79 Å². The number of hydrogen-bond acceptors (Lipinski definition) is 5. The van der Waals surface area contributed by atoms with E-state index in [1.54, 1.807) is 13.3 Å². The van der Waals surface area contributed by atoms with Crippen LogP contribution in [0.1, 0.15) is 40.7 Å². The Morgan fingerprint density at radius 2 is 1.78 bits per heavy atom. The van der Waals surface area contributed by atoms with E-state index in [-0.39, 0.29) is 5.91 Å². The SMILES string of the molecule is COc1cc(CNC(=O)c2cccnc2N2CCCCC2)ccc1OCc1ccccc1. The topological polar surface area (TPSA) is 63.7 Å². The van der Waals surface area contributed by atoms with Gasteiger partial charge in [-0.3, -0.25) is 4.79 Å². The first-order valence-electron chi connectivity index (χ1n) is 11.1. The number of methoxy groups -OCH3 is 1. The first kappa shape index (κ1) is 21.7. The van der Waals surface area contributed by atoms with Gasteiger partial charge in [-0.15, -0.1) is 0 Å². The van der Waals surface area contributed by atoms with E-state index < -0.39 is 0 Å². The Morgan fingerprint density at radius 3 is 2.56 bits per heavy atom. The fraction of sp³-hybridized carbons (Fsp3) is 0.308. The smallest absolute Gasteiger partial charge is 0.255 e. The molecule has 2 heterocycles. The van der Waals surface area contributed by atoms with Gasteiger partial charge >= 0.3 is 0 Å². The third-order valence-electron chi connectivity index (χ3n) is 5.61. The monoisotopic (exact) mass is 431 g/mol. The van der Waals surface area contributed by atoms with Gasteiger partial charge in [0.2, 0.25) is 0 Å². The lowest BCUT2D eigenvalue weighted by Crippen LogP contribution is -2.33. The number of aromatic nitrogens is 1. The van der Waals surface area contributed by atoms with Gasteiger partial charge in [-0.05, 0) is 54.7 Å². The van der Waals surface area contributed by atoms with Crippen molar-refractivity contribution in [2.75, 3.05) is 25.1 Å². The van der Waals surface area contributed by atoms with Crippen LogP contribution in [0.25, 0.3) is 0 Å². The molecular formula is C26H29N3O3. The van der Waals surface area contributed by atoms with E-state index in [1.165, 1.54) is 6.42 Å². The van der Waals surface area contributed by atoms with Crippen LogP contribution < -0.4 is 19.7 Å². The maximum atomic E-state index is 12.9. The van der Waals surface area contributed by atoms with Gasteiger partial charge in [0.1, 0.15) is 12.4 Å². The van der Waals surface area contributed by atoms with Crippen LogP contribution in [0, 0.1) is 0 Å². The van der Waals surface area contributed by atoms with Crippen LogP contribution in [0.5, 0.6) is 11.5 Å². The molecular weight excluding hydrogens is 402 g/mol. The summed E-state index contributed by atoms with van der Waals surface area (Å²) < 4.78 is 11.4. The first-order chi connectivity index (χ1) is 15.7. The highest BCUT2D eigenvalue weighted by molar-refractivity contribution is 5.98. The second-order valence-electron chi connectivity index (χ2n) is 7.86. The fourth-order valence-electron chi connectivity index (χ4n) is 3.89. The summed E-state index contributed by atoms with van der Waals surface area (Å²) in [6, 6.07) is 19.4. The molecule has 0 atom stereocenters. The zero-order chi connectivity index (χ0) is 22.2. The van der Waals surface area contributed by atoms with Crippen molar-refractivity contribution in [3.63, 3.8) is 0 Å². The van der Waals surface area contributed by atoms with Crippen LogP contribution in [-0.4, -0.2) is 31.1 Å². The number of rotatable bonds is 8. The van der Waals surface area contributed by atoms with Crippen LogP contribution >= 0.6 is 0 Å². The van der Waals surface area contributed by atoms with Crippen LogP contribution in [0.4, 0.5) is 5.82 Å². The van der Waals surface area contributed by atoms with Crippen molar-refractivity contribution < 1.29 is 14.3 Å². The molecule has 6 heteroatoms. The molecule has 0 aliphatic carbocycles. The average Bonchev–Trinajstić information content (AvgIpc) is 2.87. The summed E-state index contributed by atoms with van der Waals surface area (Å²) in [5.74, 6) is 1.96. The van der Waals surface area contributed by atoms with E-state index in [0.29, 0.717) is 30.2 Å². The Labute approximate surface area is 189 Å². The quantitative estimate of drug-likeness (QED) is 0.565. The summed E-state index contributed by atoms with van der Waals surface area (Å²) in [6.07, 6.45) is 5.25. The number of ether oxygens (including phenoxy) is 2. The van der Waals surface area contributed by atoms with E-state index in [4.69, 9.17) is 9.47 Å². The van der Waals surface area contributed by atoms with E-state index >= 15 is 0 Å². The van der Waals surface area contributed by atoms with E-state index in [0.717, 1.165) is 42.9 Å². The Kier molecular flexibility index (Phi) is 7.23. The highest BCUT2D eigenvalue weighted by atomic mass is 16.5. The Bertz CT molecular complexity index is 1030. The summed E-state index contributed by atoms with van der Waals surface area (Å²) in [5, 5.41) is 3.02. The van der Waals surface area contributed by atoms with Gasteiger partial charge in [-0.25, -0.2) is 4.98 Å². The molecule has 32 heavy (non-hydrogen) atoms. The van der Waals surface area contributed by atoms with Gasteiger partial charge in [0.25, 0.3) is 5.91 Å². The molecule has 166 valence electrons. The number of nitrogens with one attached hydrogen (secondary N) is 1. The fourth-order valence-corrected chi connectivity index (χ4v) is 3.89. The van der Waals surface area contributed by atoms with Crippen molar-refractivity contribution in [1.82, 2.24) is 10.3 Å². The zero-order valence-electron chi connectivity index (χ0n) is 18.4. The molecule has 1 amide bonds. The largest absolute Gasteiger partial charge is 0.493 e. The van der Waals surface area contributed by atoms with Crippen molar-refractivity contribution in [2.24, 2.45) is 0 Å². The molecule has 1 N–H and O–H groups in total. The van der Waals surface area contributed by atoms with E-state index in [2.05, 4.69) is 15.2 Å². The van der Waals surface area contributed by atoms with Gasteiger partial charge in [-0.1, -0.05) is 36.4 Å². The van der Waals surface area contributed by atoms with Gasteiger partial charge in [0.15, 0.2) is 11.5 Å². The normalized spacial score (nSPS) is 13.5. The lowest BCUT2D eigenvalue weighted by atomic mass is 10.1. The molecule has 1 aliphatic rings. The third-order valence-corrected chi connectivity index (χ3v) is 5.61. The number of anilines is 1. The minimum Gasteiger partial charge on any atom is -0.493 e. The highest BCUT2D eigenvalue weighted by Crippen LogP contribution is 2.29. The van der Waals surface area contributed by atoms with Crippen molar-refractivity contribution >= 4 is 11.7 Å². The maximum Gasteiger partial charge on any atom is 0.255 e.